The number of carboxylic acids is 1. The molecule has 3 aromatic rings. The molecule has 2 heterocycles. The summed E-state index contributed by atoms with van der Waals surface area (Å²) in [5.74, 6) is 0.345. The molecular weight excluding hydrogens is 638 g/mol. The molecular formula is C43H53N3O5. The summed E-state index contributed by atoms with van der Waals surface area (Å²) in [6.45, 7) is 11.1. The van der Waals surface area contributed by atoms with Crippen LogP contribution in [0.2, 0.25) is 0 Å². The van der Waals surface area contributed by atoms with Gasteiger partial charge in [0, 0.05) is 43.6 Å². The smallest absolute Gasteiger partial charge is 0.309 e. The predicted octanol–water partition coefficient (Wildman–Crippen LogP) is 6.59. The third-order valence-corrected chi connectivity index (χ3v) is 11.1. The Morgan fingerprint density at radius 2 is 1.71 bits per heavy atom. The van der Waals surface area contributed by atoms with Crippen molar-refractivity contribution in [2.24, 2.45) is 11.3 Å². The van der Waals surface area contributed by atoms with E-state index in [1.165, 1.54) is 27.8 Å². The normalized spacial score (nSPS) is 19.4. The van der Waals surface area contributed by atoms with Gasteiger partial charge in [0.15, 0.2) is 0 Å². The lowest BCUT2D eigenvalue weighted by Gasteiger charge is -2.44. The topological polar surface area (TPSA) is 108 Å². The van der Waals surface area contributed by atoms with Gasteiger partial charge in [-0.2, -0.15) is 0 Å². The van der Waals surface area contributed by atoms with Crippen molar-refractivity contribution in [1.29, 1.82) is 0 Å². The number of benzene rings is 3. The van der Waals surface area contributed by atoms with Gasteiger partial charge in [0.25, 0.3) is 0 Å². The number of hydrogen-bond acceptors (Lipinski definition) is 5. The van der Waals surface area contributed by atoms with Crippen LogP contribution in [0.5, 0.6) is 5.75 Å². The molecule has 0 spiro atoms. The minimum Gasteiger partial charge on any atom is -0.493 e. The van der Waals surface area contributed by atoms with E-state index in [-0.39, 0.29) is 42.8 Å². The van der Waals surface area contributed by atoms with Gasteiger partial charge in [-0.15, -0.1) is 0 Å². The van der Waals surface area contributed by atoms with E-state index in [1.54, 1.807) is 13.8 Å². The highest BCUT2D eigenvalue weighted by molar-refractivity contribution is 6.03. The lowest BCUT2D eigenvalue weighted by atomic mass is 9.82. The van der Waals surface area contributed by atoms with E-state index in [0.717, 1.165) is 42.6 Å². The van der Waals surface area contributed by atoms with Crippen LogP contribution in [-0.4, -0.2) is 65.6 Å². The molecule has 3 N–H and O–H groups in total. The van der Waals surface area contributed by atoms with Crippen LogP contribution in [0, 0.1) is 32.1 Å². The standard InChI is InChI=1S/C43H53N3O5/c1-27-21-28(2)29(3)38(22-27)51-20-18-30-11-13-32(14-12-30)35-24-34-25-46(39(47)17-19-43(4,5)42(49)50)26-37(44-34)40(35)41(48)45-36(33-15-16-33)23-31-9-7-6-8-10-31/h6-14,21-22,33-34,36-37,44H,15-20,23-26H2,1-5H3,(H,45,48)(H,49,50)/t34-,36?,37-/m1/s1. The van der Waals surface area contributed by atoms with Gasteiger partial charge in [0.1, 0.15) is 5.75 Å². The molecule has 6 rings (SSSR count). The number of carbonyl (C=O) groups is 3. The molecule has 8 heteroatoms. The number of hydrogen-bond donors (Lipinski definition) is 3. The highest BCUT2D eigenvalue weighted by atomic mass is 16.5. The maximum absolute atomic E-state index is 14.4. The van der Waals surface area contributed by atoms with Gasteiger partial charge < -0.3 is 25.4 Å². The highest BCUT2D eigenvalue weighted by Gasteiger charge is 2.41. The van der Waals surface area contributed by atoms with Gasteiger partial charge >= 0.3 is 5.97 Å². The Bertz CT molecular complexity index is 1780. The summed E-state index contributed by atoms with van der Waals surface area (Å²) >= 11 is 0. The van der Waals surface area contributed by atoms with E-state index in [1.807, 2.05) is 23.1 Å². The summed E-state index contributed by atoms with van der Waals surface area (Å²) in [6, 6.07) is 22.8. The maximum Gasteiger partial charge on any atom is 0.309 e. The van der Waals surface area contributed by atoms with Gasteiger partial charge in [-0.25, -0.2) is 0 Å². The number of aryl methyl sites for hydroxylation is 2. The number of nitrogens with one attached hydrogen (secondary N) is 2. The van der Waals surface area contributed by atoms with Crippen LogP contribution in [0.3, 0.4) is 0 Å². The molecule has 1 aliphatic carbocycles. The maximum atomic E-state index is 14.4. The Labute approximate surface area is 302 Å². The summed E-state index contributed by atoms with van der Waals surface area (Å²) in [7, 11) is 0. The molecule has 8 nitrogen and oxygen atoms in total. The Kier molecular flexibility index (Phi) is 11.0. The first kappa shape index (κ1) is 36.4. The molecule has 3 aromatic carbocycles. The number of rotatable bonds is 14. The van der Waals surface area contributed by atoms with Crippen LogP contribution in [0.1, 0.15) is 79.3 Å². The van der Waals surface area contributed by atoms with Crippen molar-refractivity contribution >= 4 is 23.4 Å². The van der Waals surface area contributed by atoms with Gasteiger partial charge in [0.05, 0.1) is 18.1 Å². The van der Waals surface area contributed by atoms with Crippen LogP contribution in [-0.2, 0) is 27.2 Å². The lowest BCUT2D eigenvalue weighted by Crippen LogP contribution is -2.62. The third-order valence-electron chi connectivity index (χ3n) is 11.1. The molecule has 2 amide bonds. The number of aliphatic carboxylic acids is 1. The number of carboxylic acid groups (broad SMARTS) is 1. The summed E-state index contributed by atoms with van der Waals surface area (Å²) in [6.07, 6.45) is 4.80. The summed E-state index contributed by atoms with van der Waals surface area (Å²) in [5.41, 5.74) is 7.74. The van der Waals surface area contributed by atoms with Crippen LogP contribution >= 0.6 is 0 Å². The number of amides is 2. The molecule has 1 saturated carbocycles. The van der Waals surface area contributed by atoms with Crippen molar-refractivity contribution < 1.29 is 24.2 Å². The largest absolute Gasteiger partial charge is 0.493 e. The Morgan fingerprint density at radius 1 is 0.980 bits per heavy atom. The first-order valence-corrected chi connectivity index (χ1v) is 18.5. The highest BCUT2D eigenvalue weighted by Crippen LogP contribution is 2.37. The fourth-order valence-electron chi connectivity index (χ4n) is 7.52. The molecule has 51 heavy (non-hydrogen) atoms. The number of piperazine rings is 1. The zero-order chi connectivity index (χ0) is 36.3. The molecule has 2 aliphatic heterocycles. The summed E-state index contributed by atoms with van der Waals surface area (Å²) in [5, 5.41) is 16.7. The molecule has 1 saturated heterocycles. The van der Waals surface area contributed by atoms with E-state index in [9.17, 15) is 19.5 Å². The minimum absolute atomic E-state index is 0.00983. The van der Waals surface area contributed by atoms with Crippen molar-refractivity contribution in [1.82, 2.24) is 15.5 Å². The molecule has 270 valence electrons. The van der Waals surface area contributed by atoms with Crippen molar-refractivity contribution in [3.05, 3.63) is 106 Å². The monoisotopic (exact) mass is 691 g/mol. The van der Waals surface area contributed by atoms with Crippen LogP contribution < -0.4 is 15.4 Å². The molecule has 0 radical (unpaired) electrons. The van der Waals surface area contributed by atoms with Crippen molar-refractivity contribution in [2.75, 3.05) is 19.7 Å². The minimum atomic E-state index is -0.981. The number of carbonyl (C=O) groups excluding carboxylic acids is 2. The van der Waals surface area contributed by atoms with Gasteiger partial charge in [0.2, 0.25) is 11.8 Å². The molecule has 2 bridgehead atoms. The Balaban J connectivity index is 1.22. The SMILES string of the molecule is Cc1cc(C)c(C)c(OCCc2ccc(C3=C(C(=O)NC(Cc4ccccc4)C4CC4)[C@H]4CN(C(=O)CCC(C)(C)C(=O)O)C[C@@H](C3)N4)cc2)c1. The average molecular weight is 692 g/mol. The molecule has 1 unspecified atom stereocenters. The molecule has 0 aromatic heterocycles. The lowest BCUT2D eigenvalue weighted by molar-refractivity contribution is -0.148. The average Bonchev–Trinajstić information content (AvgIpc) is 3.95. The third kappa shape index (κ3) is 8.90. The fraction of sp³-hybridized carbons (Fsp3) is 0.465. The van der Waals surface area contributed by atoms with Crippen molar-refractivity contribution in [2.45, 2.75) is 97.7 Å². The Hall–Kier alpha value is -4.43. The van der Waals surface area contributed by atoms with E-state index >= 15 is 0 Å². The summed E-state index contributed by atoms with van der Waals surface area (Å²) < 4.78 is 6.20. The predicted molar refractivity (Wildman–Crippen MR) is 201 cm³/mol. The van der Waals surface area contributed by atoms with Crippen molar-refractivity contribution in [3.8, 4) is 5.75 Å². The van der Waals surface area contributed by atoms with Gasteiger partial charge in [-0.3, -0.25) is 14.4 Å². The van der Waals surface area contributed by atoms with E-state index in [4.69, 9.17) is 4.74 Å². The molecule has 3 atom stereocenters. The second kappa shape index (κ2) is 15.4. The van der Waals surface area contributed by atoms with Crippen LogP contribution in [0.15, 0.2) is 72.3 Å². The van der Waals surface area contributed by atoms with E-state index in [2.05, 4.69) is 79.9 Å². The number of nitrogens with zero attached hydrogens (tertiary/aromatic N) is 1. The first-order valence-electron chi connectivity index (χ1n) is 18.5. The quantitative estimate of drug-likeness (QED) is 0.176. The van der Waals surface area contributed by atoms with Gasteiger partial charge in [-0.05, 0) is 118 Å². The summed E-state index contributed by atoms with van der Waals surface area (Å²) in [4.78, 5) is 41.4. The zero-order valence-corrected chi connectivity index (χ0v) is 30.8. The second-order valence-electron chi connectivity index (χ2n) is 15.6. The molecule has 2 fully saturated rings. The second-order valence-corrected chi connectivity index (χ2v) is 15.6. The van der Waals surface area contributed by atoms with E-state index < -0.39 is 11.4 Å². The van der Waals surface area contributed by atoms with Crippen molar-refractivity contribution in [3.63, 3.8) is 0 Å². The Morgan fingerprint density at radius 3 is 2.39 bits per heavy atom. The van der Waals surface area contributed by atoms with Crippen LogP contribution in [0.4, 0.5) is 0 Å². The first-order chi connectivity index (χ1) is 24.4. The fourth-order valence-corrected chi connectivity index (χ4v) is 7.52. The molecule has 3 aliphatic rings. The van der Waals surface area contributed by atoms with Gasteiger partial charge in [-0.1, -0.05) is 60.7 Å². The van der Waals surface area contributed by atoms with E-state index in [0.29, 0.717) is 37.6 Å². The number of fused-ring (bicyclic) bond motifs is 2. The number of ether oxygens (including phenoxy) is 1. The zero-order valence-electron chi connectivity index (χ0n) is 30.8. The van der Waals surface area contributed by atoms with Crippen LogP contribution in [0.25, 0.3) is 5.57 Å².